The van der Waals surface area contributed by atoms with Gasteiger partial charge in [-0.2, -0.15) is 4.98 Å². The summed E-state index contributed by atoms with van der Waals surface area (Å²) in [7, 11) is 0. The minimum absolute atomic E-state index is 0.250. The summed E-state index contributed by atoms with van der Waals surface area (Å²) in [5.74, 6) is 1.69. The Morgan fingerprint density at radius 2 is 2.04 bits per heavy atom. The Bertz CT molecular complexity index is 1020. The molecule has 7 nitrogen and oxygen atoms in total. The molecular weight excluding hydrogens is 378 g/mol. The van der Waals surface area contributed by atoms with Gasteiger partial charge in [0.2, 0.25) is 0 Å². The summed E-state index contributed by atoms with van der Waals surface area (Å²) in [6.45, 7) is 6.90. The largest absolute Gasteiger partial charge is 0.483 e. The van der Waals surface area contributed by atoms with Crippen molar-refractivity contribution in [3.8, 4) is 10.9 Å². The molecule has 4 rings (SSSR count). The van der Waals surface area contributed by atoms with Crippen molar-refractivity contribution < 1.29 is 19.1 Å². The van der Waals surface area contributed by atoms with E-state index in [9.17, 15) is 0 Å². The van der Waals surface area contributed by atoms with Crippen molar-refractivity contribution in [1.82, 2.24) is 14.9 Å². The lowest BCUT2D eigenvalue weighted by molar-refractivity contribution is -0.122. The summed E-state index contributed by atoms with van der Waals surface area (Å²) in [5, 5.41) is 8.56. The average Bonchev–Trinajstić information content (AvgIpc) is 3.29. The molecule has 0 spiro atoms. The zero-order valence-electron chi connectivity index (χ0n) is 15.7. The van der Waals surface area contributed by atoms with Crippen LogP contribution in [-0.2, 0) is 11.3 Å². The fourth-order valence-corrected chi connectivity index (χ4v) is 3.56. The smallest absolute Gasteiger partial charge is 0.290 e. The monoisotopic (exact) mass is 399 g/mol. The number of nitrogens with zero attached hydrogens (tertiary/aromatic N) is 3. The number of ether oxygens (including phenoxy) is 1. The van der Waals surface area contributed by atoms with E-state index in [0.717, 1.165) is 46.8 Å². The molecule has 146 valence electrons. The highest BCUT2D eigenvalue weighted by molar-refractivity contribution is 7.20. The first-order valence-electron chi connectivity index (χ1n) is 8.88. The van der Waals surface area contributed by atoms with Crippen LogP contribution in [-0.4, -0.2) is 39.5 Å². The van der Waals surface area contributed by atoms with Gasteiger partial charge in [-0.15, -0.1) is 0 Å². The second kappa shape index (κ2) is 9.29. The molecule has 28 heavy (non-hydrogen) atoms. The molecule has 0 unspecified atom stereocenters. The summed E-state index contributed by atoms with van der Waals surface area (Å²) in [6, 6.07) is 11.9. The third kappa shape index (κ3) is 4.65. The molecule has 3 heterocycles. The fraction of sp³-hybridized carbons (Fsp3) is 0.250. The number of hydrogen-bond donors (Lipinski definition) is 1. The van der Waals surface area contributed by atoms with Gasteiger partial charge >= 0.3 is 0 Å². The molecule has 0 fully saturated rings. The van der Waals surface area contributed by atoms with Crippen LogP contribution in [0.3, 0.4) is 0 Å². The first-order valence-corrected chi connectivity index (χ1v) is 9.70. The van der Waals surface area contributed by atoms with Crippen LogP contribution in [0.2, 0.25) is 0 Å². The first-order chi connectivity index (χ1) is 13.7. The highest BCUT2D eigenvalue weighted by Crippen LogP contribution is 2.32. The number of thiazole rings is 1. The number of fused-ring (bicyclic) bond motifs is 2. The van der Waals surface area contributed by atoms with Crippen LogP contribution in [0.15, 0.2) is 47.0 Å². The second-order valence-corrected chi connectivity index (χ2v) is 6.88. The summed E-state index contributed by atoms with van der Waals surface area (Å²) in [5.41, 5.74) is 1.54. The topological polar surface area (TPSA) is 88.7 Å². The summed E-state index contributed by atoms with van der Waals surface area (Å²) < 4.78 is 12.9. The number of hydrogen-bond acceptors (Lipinski definition) is 7. The zero-order chi connectivity index (χ0) is 19.9. The molecule has 0 aliphatic heterocycles. The highest BCUT2D eigenvalue weighted by atomic mass is 32.1. The van der Waals surface area contributed by atoms with Crippen LogP contribution in [0.25, 0.3) is 21.3 Å². The minimum Gasteiger partial charge on any atom is -0.483 e. The lowest BCUT2D eigenvalue weighted by Gasteiger charge is -2.15. The average molecular weight is 399 g/mol. The van der Waals surface area contributed by atoms with Crippen LogP contribution in [0, 0.1) is 0 Å². The standard InChI is InChI=1S/C19H19N3O2S.CH2O2/c1-3-22(4-2)12-15-10-13-7-8-14(11-16(13)23-15)24-19-21-18-17(25-19)6-5-9-20-18;2-1-3/h5-11H,3-4,12H2,1-2H3;1H,(H,2,3). The van der Waals surface area contributed by atoms with E-state index >= 15 is 0 Å². The van der Waals surface area contributed by atoms with E-state index in [0.29, 0.717) is 10.8 Å². The van der Waals surface area contributed by atoms with Gasteiger partial charge in [-0.05, 0) is 43.4 Å². The molecule has 3 aromatic heterocycles. The molecule has 0 atom stereocenters. The van der Waals surface area contributed by atoms with Gasteiger partial charge in [0.15, 0.2) is 5.65 Å². The Labute approximate surface area is 166 Å². The SMILES string of the molecule is CCN(CC)Cc1cc2ccc(Oc3nc4ncccc4s3)cc2o1.O=CO. The van der Waals surface area contributed by atoms with Crippen molar-refractivity contribution in [1.29, 1.82) is 0 Å². The molecule has 0 amide bonds. The third-order valence-corrected chi connectivity index (χ3v) is 5.05. The third-order valence-electron chi connectivity index (χ3n) is 4.17. The van der Waals surface area contributed by atoms with E-state index in [1.165, 1.54) is 11.3 Å². The molecule has 1 aromatic carbocycles. The fourth-order valence-electron chi connectivity index (χ4n) is 2.77. The number of rotatable bonds is 6. The Balaban J connectivity index is 0.000000706. The Morgan fingerprint density at radius 1 is 1.25 bits per heavy atom. The van der Waals surface area contributed by atoms with Crippen molar-refractivity contribution in [2.45, 2.75) is 20.4 Å². The number of carboxylic acid groups (broad SMARTS) is 1. The molecule has 0 saturated heterocycles. The quantitative estimate of drug-likeness (QED) is 0.467. The van der Waals surface area contributed by atoms with E-state index in [4.69, 9.17) is 19.1 Å². The molecule has 1 N–H and O–H groups in total. The normalized spacial score (nSPS) is 10.8. The van der Waals surface area contributed by atoms with Crippen LogP contribution in [0.4, 0.5) is 0 Å². The lowest BCUT2D eigenvalue weighted by Crippen LogP contribution is -2.21. The Kier molecular flexibility index (Phi) is 6.57. The molecule has 8 heteroatoms. The van der Waals surface area contributed by atoms with Crippen molar-refractivity contribution >= 4 is 39.1 Å². The van der Waals surface area contributed by atoms with E-state index < -0.39 is 0 Å². The predicted molar refractivity (Wildman–Crippen MR) is 109 cm³/mol. The number of furan rings is 1. The molecular formula is C20H21N3O4S. The highest BCUT2D eigenvalue weighted by Gasteiger charge is 2.10. The van der Waals surface area contributed by atoms with Crippen LogP contribution < -0.4 is 4.74 Å². The second-order valence-electron chi connectivity index (χ2n) is 5.89. The maximum atomic E-state index is 8.36. The van der Waals surface area contributed by atoms with E-state index in [2.05, 4.69) is 34.8 Å². The van der Waals surface area contributed by atoms with E-state index in [1.54, 1.807) is 6.20 Å². The van der Waals surface area contributed by atoms with Crippen LogP contribution >= 0.6 is 11.3 Å². The maximum Gasteiger partial charge on any atom is 0.290 e. The summed E-state index contributed by atoms with van der Waals surface area (Å²) >= 11 is 1.48. The maximum absolute atomic E-state index is 8.36. The first kappa shape index (κ1) is 19.8. The number of benzene rings is 1. The van der Waals surface area contributed by atoms with Gasteiger partial charge in [0.1, 0.15) is 17.1 Å². The Morgan fingerprint density at radius 3 is 2.75 bits per heavy atom. The number of aromatic nitrogens is 2. The zero-order valence-corrected chi connectivity index (χ0v) is 16.5. The number of carbonyl (C=O) groups is 1. The Hall–Kier alpha value is -2.97. The predicted octanol–water partition coefficient (Wildman–Crippen LogP) is 4.77. The van der Waals surface area contributed by atoms with Crippen LogP contribution in [0.5, 0.6) is 10.9 Å². The summed E-state index contributed by atoms with van der Waals surface area (Å²) in [4.78, 5) is 19.3. The van der Waals surface area contributed by atoms with Crippen molar-refractivity contribution in [3.05, 3.63) is 48.4 Å². The van der Waals surface area contributed by atoms with E-state index in [1.807, 2.05) is 30.3 Å². The van der Waals surface area contributed by atoms with Gasteiger partial charge in [0.25, 0.3) is 11.7 Å². The summed E-state index contributed by atoms with van der Waals surface area (Å²) in [6.07, 6.45) is 1.73. The van der Waals surface area contributed by atoms with Crippen molar-refractivity contribution in [2.75, 3.05) is 13.1 Å². The molecule has 4 aromatic rings. The lowest BCUT2D eigenvalue weighted by atomic mass is 10.2. The van der Waals surface area contributed by atoms with Gasteiger partial charge in [0.05, 0.1) is 11.2 Å². The van der Waals surface area contributed by atoms with Crippen molar-refractivity contribution in [2.24, 2.45) is 0 Å². The van der Waals surface area contributed by atoms with Gasteiger partial charge in [-0.25, -0.2) is 4.98 Å². The molecule has 0 aliphatic carbocycles. The van der Waals surface area contributed by atoms with Crippen LogP contribution in [0.1, 0.15) is 19.6 Å². The molecule has 0 saturated carbocycles. The molecule has 0 bridgehead atoms. The van der Waals surface area contributed by atoms with Crippen molar-refractivity contribution in [3.63, 3.8) is 0 Å². The molecule has 0 radical (unpaired) electrons. The number of pyridine rings is 1. The molecule has 0 aliphatic rings. The van der Waals surface area contributed by atoms with E-state index in [-0.39, 0.29) is 6.47 Å². The van der Waals surface area contributed by atoms with Gasteiger partial charge in [-0.3, -0.25) is 9.69 Å². The van der Waals surface area contributed by atoms with Gasteiger partial charge < -0.3 is 14.3 Å². The van der Waals surface area contributed by atoms with Gasteiger partial charge in [-0.1, -0.05) is 25.2 Å². The minimum atomic E-state index is -0.250. The van der Waals surface area contributed by atoms with Gasteiger partial charge in [0, 0.05) is 17.6 Å².